The number of carboxylic acid groups (broad SMARTS) is 1. The van der Waals surface area contributed by atoms with Crippen LogP contribution in [0.2, 0.25) is 0 Å². The molecule has 2 saturated heterocycles. The van der Waals surface area contributed by atoms with E-state index in [2.05, 4.69) is 5.32 Å². The van der Waals surface area contributed by atoms with Crippen LogP contribution < -0.4 is 10.2 Å². The summed E-state index contributed by atoms with van der Waals surface area (Å²) in [5, 5.41) is 21.4. The summed E-state index contributed by atoms with van der Waals surface area (Å²) in [6, 6.07) is 4.66. The Labute approximate surface area is 194 Å². The van der Waals surface area contributed by atoms with Gasteiger partial charge in [-0.2, -0.15) is 0 Å². The highest BCUT2D eigenvalue weighted by Gasteiger charge is 2.50. The van der Waals surface area contributed by atoms with Gasteiger partial charge in [0.25, 0.3) is 0 Å². The molecule has 33 heavy (non-hydrogen) atoms. The number of halogens is 1. The van der Waals surface area contributed by atoms with Gasteiger partial charge >= 0.3 is 6.09 Å². The molecule has 3 fully saturated rings. The number of anilines is 1. The third kappa shape index (κ3) is 4.81. The summed E-state index contributed by atoms with van der Waals surface area (Å²) in [7, 11) is 0. The van der Waals surface area contributed by atoms with Crippen LogP contribution in [0.3, 0.4) is 0 Å². The lowest BCUT2D eigenvalue weighted by Crippen LogP contribution is -2.50. The smallest absolute Gasteiger partial charge is 0.405 e. The van der Waals surface area contributed by atoms with Crippen LogP contribution in [0.4, 0.5) is 14.9 Å². The quantitative estimate of drug-likeness (QED) is 0.618. The average molecular weight is 462 g/mol. The molecule has 2 heterocycles. The number of likely N-dealkylation sites (tertiary alicyclic amines) is 1. The van der Waals surface area contributed by atoms with Gasteiger partial charge in [0.05, 0.1) is 23.2 Å². The van der Waals surface area contributed by atoms with Gasteiger partial charge in [0, 0.05) is 25.7 Å². The summed E-state index contributed by atoms with van der Waals surface area (Å²) in [5.74, 6) is -0.213. The molecule has 182 valence electrons. The molecule has 2 amide bonds. The van der Waals surface area contributed by atoms with Crippen molar-refractivity contribution in [3.8, 4) is 0 Å². The van der Waals surface area contributed by atoms with E-state index in [9.17, 15) is 14.7 Å². The van der Waals surface area contributed by atoms with Gasteiger partial charge in [0.15, 0.2) is 0 Å². The molecule has 0 bridgehead atoms. The highest BCUT2D eigenvalue weighted by Crippen LogP contribution is 2.44. The summed E-state index contributed by atoms with van der Waals surface area (Å²) in [6.45, 7) is 5.74. The molecule has 2 aliphatic heterocycles. The Hall–Kier alpha value is -2.35. The van der Waals surface area contributed by atoms with Gasteiger partial charge in [-0.3, -0.25) is 4.79 Å². The molecule has 0 radical (unpaired) electrons. The largest absolute Gasteiger partial charge is 0.465 e. The molecule has 1 unspecified atom stereocenters. The second-order valence-corrected chi connectivity index (χ2v) is 10.4. The number of hydrogen-bond donors (Lipinski definition) is 3. The minimum absolute atomic E-state index is 0.0207. The number of piperidine rings is 1. The molecule has 0 aromatic heterocycles. The van der Waals surface area contributed by atoms with Crippen LogP contribution in [0.15, 0.2) is 18.2 Å². The van der Waals surface area contributed by atoms with E-state index in [0.717, 1.165) is 51.5 Å². The number of amides is 2. The van der Waals surface area contributed by atoms with Crippen LogP contribution in [0.25, 0.3) is 0 Å². The Morgan fingerprint density at radius 1 is 1.18 bits per heavy atom. The number of carbonyl (C=O) groups excluding carboxylic acids is 1. The van der Waals surface area contributed by atoms with Gasteiger partial charge in [0.2, 0.25) is 5.91 Å². The minimum atomic E-state index is -1.13. The maximum Gasteiger partial charge on any atom is 0.405 e. The molecule has 3 aliphatic rings. The highest BCUT2D eigenvalue weighted by atomic mass is 19.1. The van der Waals surface area contributed by atoms with Crippen LogP contribution in [-0.4, -0.2) is 58.9 Å². The van der Waals surface area contributed by atoms with Gasteiger partial charge in [-0.1, -0.05) is 19.9 Å². The number of carbonyl (C=O) groups is 2. The SMILES string of the molecule is CC(C)C(NC(=O)O)c1ccc(N2CCC[C@]3(CCN(C4CCC(O)CC4)C3=O)C2)c(F)c1. The molecule has 2 atom stereocenters. The van der Waals surface area contributed by atoms with Crippen LogP contribution in [0, 0.1) is 17.2 Å². The number of rotatable bonds is 5. The van der Waals surface area contributed by atoms with Crippen molar-refractivity contribution >= 4 is 17.7 Å². The summed E-state index contributed by atoms with van der Waals surface area (Å²) in [5.41, 5.74) is 0.607. The highest BCUT2D eigenvalue weighted by molar-refractivity contribution is 5.86. The zero-order chi connectivity index (χ0) is 23.8. The number of aliphatic hydroxyl groups excluding tert-OH is 1. The van der Waals surface area contributed by atoms with Crippen molar-refractivity contribution in [2.75, 3.05) is 24.5 Å². The van der Waals surface area contributed by atoms with E-state index < -0.39 is 17.6 Å². The van der Waals surface area contributed by atoms with Gasteiger partial charge in [-0.25, -0.2) is 9.18 Å². The van der Waals surface area contributed by atoms with Crippen LogP contribution in [0.5, 0.6) is 0 Å². The molecule has 1 aliphatic carbocycles. The second kappa shape index (κ2) is 9.49. The minimum Gasteiger partial charge on any atom is -0.465 e. The molecule has 1 aromatic rings. The number of aliphatic hydroxyl groups is 1. The summed E-state index contributed by atoms with van der Waals surface area (Å²) in [4.78, 5) is 28.7. The van der Waals surface area contributed by atoms with Gasteiger partial charge in [0.1, 0.15) is 5.82 Å². The van der Waals surface area contributed by atoms with Crippen molar-refractivity contribution in [2.45, 2.75) is 77.0 Å². The third-order valence-electron chi connectivity index (χ3n) is 7.85. The molecular formula is C25H36FN3O4. The van der Waals surface area contributed by atoms with E-state index in [1.54, 1.807) is 12.1 Å². The Morgan fingerprint density at radius 3 is 2.55 bits per heavy atom. The molecule has 7 nitrogen and oxygen atoms in total. The Morgan fingerprint density at radius 2 is 1.91 bits per heavy atom. The lowest BCUT2D eigenvalue weighted by atomic mass is 9.78. The first-order chi connectivity index (χ1) is 15.7. The average Bonchev–Trinajstić information content (AvgIpc) is 3.07. The molecular weight excluding hydrogens is 425 g/mol. The van der Waals surface area contributed by atoms with E-state index >= 15 is 4.39 Å². The van der Waals surface area contributed by atoms with E-state index in [0.29, 0.717) is 24.3 Å². The number of nitrogens with one attached hydrogen (secondary N) is 1. The second-order valence-electron chi connectivity index (χ2n) is 10.4. The monoisotopic (exact) mass is 461 g/mol. The lowest BCUT2D eigenvalue weighted by Gasteiger charge is -2.41. The molecule has 4 rings (SSSR count). The van der Waals surface area contributed by atoms with Crippen LogP contribution in [0.1, 0.15) is 70.4 Å². The maximum atomic E-state index is 15.2. The summed E-state index contributed by atoms with van der Waals surface area (Å²) in [6.07, 6.45) is 4.27. The fourth-order valence-electron chi connectivity index (χ4n) is 6.02. The predicted molar refractivity (Wildman–Crippen MR) is 124 cm³/mol. The summed E-state index contributed by atoms with van der Waals surface area (Å²) >= 11 is 0. The summed E-state index contributed by atoms with van der Waals surface area (Å²) < 4.78 is 15.2. The Balaban J connectivity index is 1.49. The van der Waals surface area contributed by atoms with Gasteiger partial charge in [-0.15, -0.1) is 0 Å². The molecule has 1 saturated carbocycles. The third-order valence-corrected chi connectivity index (χ3v) is 7.85. The number of hydrogen-bond acceptors (Lipinski definition) is 4. The molecule has 8 heteroatoms. The van der Waals surface area contributed by atoms with E-state index in [1.165, 1.54) is 6.07 Å². The Bertz CT molecular complexity index is 886. The maximum absolute atomic E-state index is 15.2. The van der Waals surface area contributed by atoms with Crippen LogP contribution >= 0.6 is 0 Å². The van der Waals surface area contributed by atoms with Gasteiger partial charge < -0.3 is 25.3 Å². The fourth-order valence-corrected chi connectivity index (χ4v) is 6.02. The molecule has 1 spiro atoms. The van der Waals surface area contributed by atoms with Gasteiger partial charge in [-0.05, 0) is 68.6 Å². The molecule has 3 N–H and O–H groups in total. The fraction of sp³-hybridized carbons (Fsp3) is 0.680. The topological polar surface area (TPSA) is 93.1 Å². The van der Waals surface area contributed by atoms with Crippen molar-refractivity contribution in [3.63, 3.8) is 0 Å². The standard InChI is InChI=1S/C25H36FN3O4/c1-16(2)22(27-24(32)33)17-4-9-21(20(26)14-17)28-12-3-10-25(15-28)11-13-29(23(25)31)18-5-7-19(30)8-6-18/h4,9,14,16,18-19,22,27,30H,3,5-8,10-13,15H2,1-2H3,(H,32,33)/t18?,19?,22?,25-/m0/s1. The number of nitrogens with zero attached hydrogens (tertiary/aromatic N) is 2. The number of benzene rings is 1. The van der Waals surface area contributed by atoms with Crippen molar-refractivity contribution < 1.29 is 24.2 Å². The van der Waals surface area contributed by atoms with E-state index in [-0.39, 0.29) is 29.8 Å². The van der Waals surface area contributed by atoms with Crippen molar-refractivity contribution in [1.29, 1.82) is 0 Å². The first kappa shape index (κ1) is 23.8. The zero-order valence-electron chi connectivity index (χ0n) is 19.6. The van der Waals surface area contributed by atoms with Crippen molar-refractivity contribution in [3.05, 3.63) is 29.6 Å². The zero-order valence-corrected chi connectivity index (χ0v) is 19.6. The van der Waals surface area contributed by atoms with Crippen molar-refractivity contribution in [2.24, 2.45) is 11.3 Å². The predicted octanol–water partition coefficient (Wildman–Crippen LogP) is 3.91. The lowest BCUT2D eigenvalue weighted by molar-refractivity contribution is -0.139. The van der Waals surface area contributed by atoms with Crippen LogP contribution in [-0.2, 0) is 4.79 Å². The van der Waals surface area contributed by atoms with E-state index in [4.69, 9.17) is 5.11 Å². The first-order valence-electron chi connectivity index (χ1n) is 12.2. The normalized spacial score (nSPS) is 29.1. The Kier molecular flexibility index (Phi) is 6.84. The first-order valence-corrected chi connectivity index (χ1v) is 12.2. The molecule has 1 aromatic carbocycles. The van der Waals surface area contributed by atoms with Crippen molar-refractivity contribution in [1.82, 2.24) is 10.2 Å². The van der Waals surface area contributed by atoms with E-state index in [1.807, 2.05) is 23.6 Å².